The fourth-order valence-corrected chi connectivity index (χ4v) is 8.18. The third kappa shape index (κ3) is 6.77. The average molecular weight is 726 g/mol. The van der Waals surface area contributed by atoms with Crippen molar-refractivity contribution in [3.63, 3.8) is 0 Å². The van der Waals surface area contributed by atoms with Crippen molar-refractivity contribution in [2.24, 2.45) is 0 Å². The van der Waals surface area contributed by atoms with Gasteiger partial charge in [-0.2, -0.15) is 0 Å². The first-order valence-corrected chi connectivity index (χ1v) is 19.6. The minimum Gasteiger partial charge on any atom is -0.310 e. The molecule has 57 heavy (non-hydrogen) atoms. The van der Waals surface area contributed by atoms with Crippen LogP contribution in [-0.2, 0) is 0 Å². The number of rotatable bonds is 8. The summed E-state index contributed by atoms with van der Waals surface area (Å²) in [7, 11) is 0. The Kier molecular flexibility index (Phi) is 8.95. The Bertz CT molecular complexity index is 2910. The molecule has 0 N–H and O–H groups in total. The summed E-state index contributed by atoms with van der Waals surface area (Å²) < 4.78 is 0. The summed E-state index contributed by atoms with van der Waals surface area (Å²) in [5, 5.41) is 4.98. The van der Waals surface area contributed by atoms with Crippen molar-refractivity contribution in [2.75, 3.05) is 4.90 Å². The van der Waals surface area contributed by atoms with Gasteiger partial charge in [-0.25, -0.2) is 0 Å². The van der Waals surface area contributed by atoms with E-state index in [0.717, 1.165) is 17.1 Å². The van der Waals surface area contributed by atoms with Crippen LogP contribution in [0.15, 0.2) is 237 Å². The van der Waals surface area contributed by atoms with Gasteiger partial charge in [0, 0.05) is 17.1 Å². The van der Waals surface area contributed by atoms with Gasteiger partial charge in [0.1, 0.15) is 0 Å². The van der Waals surface area contributed by atoms with Gasteiger partial charge in [-0.1, -0.05) is 182 Å². The van der Waals surface area contributed by atoms with Crippen LogP contribution in [0.4, 0.5) is 17.1 Å². The normalized spacial score (nSPS) is 11.2. The van der Waals surface area contributed by atoms with Crippen molar-refractivity contribution in [3.8, 4) is 55.6 Å². The Hall–Kier alpha value is -7.48. The molecule has 0 radical (unpaired) electrons. The SMILES string of the molecule is c1ccc(-c2ccc(N(c3cc(-c4ccccc4)cc(-c4ccccc4)c3)c3cccc(-c4cc5ccccc5c5cc(-c6ccccc6)ccc45)c3)cc2)cc1. The van der Waals surface area contributed by atoms with Gasteiger partial charge in [-0.05, 0) is 132 Å². The molecule has 0 spiro atoms. The molecule has 10 aromatic rings. The molecule has 0 atom stereocenters. The molecule has 10 aromatic carbocycles. The van der Waals surface area contributed by atoms with Crippen LogP contribution in [0.3, 0.4) is 0 Å². The average Bonchev–Trinajstić information content (AvgIpc) is 3.30. The largest absolute Gasteiger partial charge is 0.310 e. The molecule has 0 saturated heterocycles. The highest BCUT2D eigenvalue weighted by atomic mass is 15.1. The second-order valence-electron chi connectivity index (χ2n) is 14.6. The minimum absolute atomic E-state index is 1.09. The van der Waals surface area contributed by atoms with Crippen LogP contribution in [0, 0.1) is 0 Å². The lowest BCUT2D eigenvalue weighted by atomic mass is 9.91. The maximum Gasteiger partial charge on any atom is 0.0473 e. The van der Waals surface area contributed by atoms with Gasteiger partial charge in [-0.15, -0.1) is 0 Å². The molecule has 1 heteroatoms. The molecular formula is C56H39N. The maximum absolute atomic E-state index is 2.41. The van der Waals surface area contributed by atoms with Gasteiger partial charge in [0.2, 0.25) is 0 Å². The molecule has 1 nitrogen and oxygen atoms in total. The Balaban J connectivity index is 1.17. The second-order valence-corrected chi connectivity index (χ2v) is 14.6. The maximum atomic E-state index is 2.41. The molecule has 0 amide bonds. The molecule has 0 heterocycles. The van der Waals surface area contributed by atoms with E-state index in [4.69, 9.17) is 0 Å². The number of benzene rings is 10. The molecule has 0 bridgehead atoms. The molecule has 0 aromatic heterocycles. The molecule has 0 aliphatic rings. The summed E-state index contributed by atoms with van der Waals surface area (Å²) in [5.74, 6) is 0. The number of anilines is 3. The van der Waals surface area contributed by atoms with Crippen LogP contribution in [0.1, 0.15) is 0 Å². The number of fused-ring (bicyclic) bond motifs is 3. The lowest BCUT2D eigenvalue weighted by Gasteiger charge is -2.28. The molecule has 10 rings (SSSR count). The van der Waals surface area contributed by atoms with Gasteiger partial charge in [0.25, 0.3) is 0 Å². The smallest absolute Gasteiger partial charge is 0.0473 e. The Morgan fingerprint density at radius 2 is 0.684 bits per heavy atom. The van der Waals surface area contributed by atoms with E-state index in [1.165, 1.54) is 77.2 Å². The van der Waals surface area contributed by atoms with E-state index < -0.39 is 0 Å². The summed E-state index contributed by atoms with van der Waals surface area (Å²) in [6, 6.07) is 85.7. The van der Waals surface area contributed by atoms with Crippen molar-refractivity contribution in [3.05, 3.63) is 237 Å². The van der Waals surface area contributed by atoms with Crippen LogP contribution < -0.4 is 4.90 Å². The van der Waals surface area contributed by atoms with Crippen LogP contribution in [-0.4, -0.2) is 0 Å². The van der Waals surface area contributed by atoms with Gasteiger partial charge in [0.15, 0.2) is 0 Å². The summed E-state index contributed by atoms with van der Waals surface area (Å²) in [6.07, 6.45) is 0. The van der Waals surface area contributed by atoms with E-state index >= 15 is 0 Å². The Morgan fingerprint density at radius 3 is 1.30 bits per heavy atom. The van der Waals surface area contributed by atoms with Crippen molar-refractivity contribution < 1.29 is 0 Å². The van der Waals surface area contributed by atoms with E-state index in [1.807, 2.05) is 0 Å². The van der Waals surface area contributed by atoms with E-state index in [2.05, 4.69) is 241 Å². The first kappa shape index (κ1) is 34.0. The van der Waals surface area contributed by atoms with Crippen LogP contribution >= 0.6 is 0 Å². The van der Waals surface area contributed by atoms with Crippen molar-refractivity contribution in [2.45, 2.75) is 0 Å². The van der Waals surface area contributed by atoms with E-state index in [1.54, 1.807) is 0 Å². The van der Waals surface area contributed by atoms with Crippen LogP contribution in [0.5, 0.6) is 0 Å². The zero-order chi connectivity index (χ0) is 38.0. The van der Waals surface area contributed by atoms with Gasteiger partial charge >= 0.3 is 0 Å². The predicted octanol–water partition coefficient (Wildman–Crippen LogP) is 15.8. The first-order valence-electron chi connectivity index (χ1n) is 19.6. The highest BCUT2D eigenvalue weighted by Gasteiger charge is 2.18. The number of hydrogen-bond acceptors (Lipinski definition) is 1. The molecular weight excluding hydrogens is 687 g/mol. The number of hydrogen-bond donors (Lipinski definition) is 0. The highest BCUT2D eigenvalue weighted by Crippen LogP contribution is 2.43. The monoisotopic (exact) mass is 725 g/mol. The molecule has 0 aliphatic heterocycles. The first-order chi connectivity index (χ1) is 28.2. The summed E-state index contributed by atoms with van der Waals surface area (Å²) in [4.78, 5) is 2.41. The fourth-order valence-electron chi connectivity index (χ4n) is 8.18. The van der Waals surface area contributed by atoms with Gasteiger partial charge in [-0.3, -0.25) is 0 Å². The Morgan fingerprint density at radius 1 is 0.211 bits per heavy atom. The zero-order valence-corrected chi connectivity index (χ0v) is 31.5. The summed E-state index contributed by atoms with van der Waals surface area (Å²) in [6.45, 7) is 0. The third-order valence-electron chi connectivity index (χ3n) is 11.0. The van der Waals surface area contributed by atoms with E-state index in [9.17, 15) is 0 Å². The quantitative estimate of drug-likeness (QED) is 0.141. The molecule has 0 unspecified atom stereocenters. The van der Waals surface area contributed by atoms with Gasteiger partial charge < -0.3 is 4.90 Å². The second kappa shape index (κ2) is 15.0. The molecule has 0 aliphatic carbocycles. The predicted molar refractivity (Wildman–Crippen MR) is 243 cm³/mol. The lowest BCUT2D eigenvalue weighted by Crippen LogP contribution is -2.10. The lowest BCUT2D eigenvalue weighted by molar-refractivity contribution is 1.28. The van der Waals surface area contributed by atoms with Crippen molar-refractivity contribution in [1.29, 1.82) is 0 Å². The fraction of sp³-hybridized carbons (Fsp3) is 0. The summed E-state index contributed by atoms with van der Waals surface area (Å²) in [5.41, 5.74) is 15.2. The minimum atomic E-state index is 1.09. The molecule has 0 saturated carbocycles. The summed E-state index contributed by atoms with van der Waals surface area (Å²) >= 11 is 0. The number of nitrogens with zero attached hydrogens (tertiary/aromatic N) is 1. The molecule has 0 fully saturated rings. The van der Waals surface area contributed by atoms with Crippen molar-refractivity contribution >= 4 is 38.6 Å². The van der Waals surface area contributed by atoms with Crippen LogP contribution in [0.2, 0.25) is 0 Å². The van der Waals surface area contributed by atoms with Crippen molar-refractivity contribution in [1.82, 2.24) is 0 Å². The Labute approximate surface area is 334 Å². The zero-order valence-electron chi connectivity index (χ0n) is 31.5. The van der Waals surface area contributed by atoms with Crippen LogP contribution in [0.25, 0.3) is 77.2 Å². The molecule has 268 valence electrons. The van der Waals surface area contributed by atoms with E-state index in [-0.39, 0.29) is 0 Å². The topological polar surface area (TPSA) is 3.24 Å². The standard InChI is InChI=1S/C56H39N/c1-5-16-40(17-6-1)44-28-31-50(32-29-44)57(52-36-48(42-20-9-3-10-21-42)34-49(37-52)43-22-11-4-12-23-43)51-26-15-25-46(35-51)55-39-47-24-13-14-27-53(47)56-38-45(30-33-54(55)56)41-18-7-2-8-19-41/h1-39H. The third-order valence-corrected chi connectivity index (χ3v) is 11.0. The van der Waals surface area contributed by atoms with Gasteiger partial charge in [0.05, 0.1) is 0 Å². The van der Waals surface area contributed by atoms with E-state index in [0.29, 0.717) is 0 Å². The highest BCUT2D eigenvalue weighted by molar-refractivity contribution is 6.15.